The highest BCUT2D eigenvalue weighted by atomic mass is 16.6. The van der Waals surface area contributed by atoms with Crippen molar-refractivity contribution in [1.29, 1.82) is 0 Å². The highest BCUT2D eigenvalue weighted by molar-refractivity contribution is 5.69. The molecule has 0 saturated carbocycles. The monoisotopic (exact) mass is 577 g/mol. The Bertz CT molecular complexity index is 610. The predicted molar refractivity (Wildman–Crippen MR) is 177 cm³/mol. The molecule has 1 atom stereocenters. The summed E-state index contributed by atoms with van der Waals surface area (Å²) in [5.74, 6) is -0.229. The first-order valence-electron chi connectivity index (χ1n) is 17.6. The second-order valence-electron chi connectivity index (χ2n) is 11.6. The second-order valence-corrected chi connectivity index (χ2v) is 11.6. The molecule has 0 amide bonds. The maximum atomic E-state index is 12.1. The number of aliphatic hydroxyl groups excluding tert-OH is 1. The normalized spacial score (nSPS) is 12.8. The third-order valence-electron chi connectivity index (χ3n) is 7.48. The van der Waals surface area contributed by atoms with Gasteiger partial charge < -0.3 is 14.6 Å². The Morgan fingerprint density at radius 3 is 1.63 bits per heavy atom. The Morgan fingerprint density at radius 1 is 0.610 bits per heavy atom. The van der Waals surface area contributed by atoms with E-state index in [0.717, 1.165) is 51.4 Å². The van der Waals surface area contributed by atoms with Crippen molar-refractivity contribution < 1.29 is 19.4 Å². The minimum Gasteiger partial charge on any atom is -0.457 e. The molecule has 1 N–H and O–H groups in total. The molecule has 240 valence electrons. The van der Waals surface area contributed by atoms with Gasteiger partial charge in [-0.05, 0) is 44.9 Å². The number of carbonyl (C=O) groups excluding carboxylic acids is 1. The zero-order chi connectivity index (χ0) is 29.9. The molecule has 0 bridgehead atoms. The third-order valence-corrected chi connectivity index (χ3v) is 7.48. The Morgan fingerprint density at radius 2 is 1.10 bits per heavy atom. The van der Waals surface area contributed by atoms with Crippen LogP contribution in [-0.2, 0) is 14.3 Å². The Kier molecular flexibility index (Phi) is 33.6. The van der Waals surface area contributed by atoms with E-state index in [0.29, 0.717) is 13.0 Å². The first-order chi connectivity index (χ1) is 20.2. The zero-order valence-corrected chi connectivity index (χ0v) is 27.3. The van der Waals surface area contributed by atoms with Crippen LogP contribution in [0.4, 0.5) is 0 Å². The van der Waals surface area contributed by atoms with Crippen molar-refractivity contribution >= 4 is 5.97 Å². The Labute approximate surface area is 255 Å². The van der Waals surface area contributed by atoms with Gasteiger partial charge in [-0.25, -0.2) is 0 Å². The average Bonchev–Trinajstić information content (AvgIpc) is 2.98. The molecule has 0 aliphatic heterocycles. The van der Waals surface area contributed by atoms with Gasteiger partial charge in [0.25, 0.3) is 0 Å². The van der Waals surface area contributed by atoms with E-state index in [2.05, 4.69) is 50.3 Å². The molecule has 0 saturated heterocycles. The van der Waals surface area contributed by atoms with Gasteiger partial charge in [-0.15, -0.1) is 0 Å². The molecule has 0 aliphatic carbocycles. The predicted octanol–water partition coefficient (Wildman–Crippen LogP) is 11.0. The van der Waals surface area contributed by atoms with Crippen molar-refractivity contribution in [1.82, 2.24) is 0 Å². The van der Waals surface area contributed by atoms with E-state index in [9.17, 15) is 9.90 Å². The zero-order valence-electron chi connectivity index (χ0n) is 27.3. The van der Waals surface area contributed by atoms with Crippen LogP contribution in [-0.4, -0.2) is 37.0 Å². The van der Waals surface area contributed by atoms with E-state index in [1.165, 1.54) is 96.3 Å². The maximum absolute atomic E-state index is 12.1. The van der Waals surface area contributed by atoms with Gasteiger partial charge in [-0.2, -0.15) is 0 Å². The van der Waals surface area contributed by atoms with Gasteiger partial charge in [0.15, 0.2) is 0 Å². The van der Waals surface area contributed by atoms with Crippen LogP contribution in [0.2, 0.25) is 0 Å². The molecule has 1 unspecified atom stereocenters. The van der Waals surface area contributed by atoms with Crippen molar-refractivity contribution in [2.75, 3.05) is 19.8 Å². The summed E-state index contributed by atoms with van der Waals surface area (Å²) >= 11 is 0. The number of rotatable bonds is 32. The molecule has 0 aromatic heterocycles. The highest BCUT2D eigenvalue weighted by Gasteiger charge is 2.13. The summed E-state index contributed by atoms with van der Waals surface area (Å²) < 4.78 is 11.1. The highest BCUT2D eigenvalue weighted by Crippen LogP contribution is 2.14. The molecule has 0 aromatic carbocycles. The van der Waals surface area contributed by atoms with Crippen molar-refractivity contribution in [3.8, 4) is 0 Å². The number of hydrogen-bond acceptors (Lipinski definition) is 4. The largest absolute Gasteiger partial charge is 0.457 e. The van der Waals surface area contributed by atoms with Crippen molar-refractivity contribution in [2.45, 2.75) is 174 Å². The van der Waals surface area contributed by atoms with Crippen LogP contribution in [0.15, 0.2) is 36.5 Å². The van der Waals surface area contributed by atoms with Crippen molar-refractivity contribution in [2.24, 2.45) is 0 Å². The summed E-state index contributed by atoms with van der Waals surface area (Å²) in [6.07, 6.45) is 41.8. The Hall–Kier alpha value is -1.39. The van der Waals surface area contributed by atoms with E-state index in [-0.39, 0.29) is 19.2 Å². The van der Waals surface area contributed by atoms with Gasteiger partial charge in [-0.3, -0.25) is 4.79 Å². The fraction of sp³-hybridized carbons (Fsp3) is 0.811. The molecule has 0 rings (SSSR count). The number of aliphatic hydroxyl groups is 1. The molecular formula is C37H68O4. The van der Waals surface area contributed by atoms with Crippen LogP contribution in [0.1, 0.15) is 168 Å². The smallest absolute Gasteiger partial charge is 0.306 e. The van der Waals surface area contributed by atoms with Crippen LogP contribution < -0.4 is 0 Å². The lowest BCUT2D eigenvalue weighted by molar-refractivity contribution is -0.154. The van der Waals surface area contributed by atoms with Crippen LogP contribution in [0, 0.1) is 0 Å². The number of esters is 1. The molecule has 0 aromatic rings. The van der Waals surface area contributed by atoms with Gasteiger partial charge in [0.2, 0.25) is 0 Å². The Balaban J connectivity index is 3.46. The number of unbranched alkanes of at least 4 members (excludes halogenated alkanes) is 18. The molecule has 0 fully saturated rings. The summed E-state index contributed by atoms with van der Waals surface area (Å²) in [5, 5.41) is 9.53. The number of hydrogen-bond donors (Lipinski definition) is 1. The standard InChI is InChI=1S/C37H68O4/c1-3-5-7-9-11-13-15-17-18-19-21-23-25-27-29-31-33-40-35-36(34-38)41-37(39)32-30-28-26-24-22-20-16-14-12-10-8-6-4-2/h6,8,12,14,20,22,36,38H,3-5,7,9-11,13,15-19,21,23-35H2,1-2H3/b8-6-,14-12-,22-20-. The summed E-state index contributed by atoms with van der Waals surface area (Å²) in [6, 6.07) is 0. The third kappa shape index (κ3) is 33.0. The van der Waals surface area contributed by atoms with E-state index in [4.69, 9.17) is 9.47 Å². The summed E-state index contributed by atoms with van der Waals surface area (Å²) in [6.45, 7) is 5.21. The molecule has 4 heteroatoms. The van der Waals surface area contributed by atoms with Crippen LogP contribution in [0.5, 0.6) is 0 Å². The summed E-state index contributed by atoms with van der Waals surface area (Å²) in [4.78, 5) is 12.1. The molecule has 4 nitrogen and oxygen atoms in total. The molecule has 0 heterocycles. The van der Waals surface area contributed by atoms with Crippen molar-refractivity contribution in [3.63, 3.8) is 0 Å². The molecule has 0 aliphatic rings. The lowest BCUT2D eigenvalue weighted by atomic mass is 10.0. The van der Waals surface area contributed by atoms with Gasteiger partial charge in [-0.1, -0.05) is 153 Å². The van der Waals surface area contributed by atoms with E-state index in [1.807, 2.05) is 0 Å². The fourth-order valence-corrected chi connectivity index (χ4v) is 4.87. The maximum Gasteiger partial charge on any atom is 0.306 e. The summed E-state index contributed by atoms with van der Waals surface area (Å²) in [7, 11) is 0. The van der Waals surface area contributed by atoms with Crippen LogP contribution in [0.25, 0.3) is 0 Å². The SMILES string of the molecule is CC/C=C\C/C=C\C/C=C\CCCCCC(=O)OC(CO)COCCCCCCCCCCCCCCCCCC. The van der Waals surface area contributed by atoms with Gasteiger partial charge in [0.05, 0.1) is 13.2 Å². The summed E-state index contributed by atoms with van der Waals surface area (Å²) in [5.41, 5.74) is 0. The molecule has 0 radical (unpaired) electrons. The topological polar surface area (TPSA) is 55.8 Å². The van der Waals surface area contributed by atoms with Gasteiger partial charge in [0.1, 0.15) is 6.10 Å². The van der Waals surface area contributed by atoms with Crippen molar-refractivity contribution in [3.05, 3.63) is 36.5 Å². The van der Waals surface area contributed by atoms with E-state index < -0.39 is 6.10 Å². The number of ether oxygens (including phenoxy) is 2. The fourth-order valence-electron chi connectivity index (χ4n) is 4.87. The van der Waals surface area contributed by atoms with Gasteiger partial charge >= 0.3 is 5.97 Å². The first-order valence-corrected chi connectivity index (χ1v) is 17.6. The molecule has 0 spiro atoms. The number of allylic oxidation sites excluding steroid dienone is 6. The molecule has 41 heavy (non-hydrogen) atoms. The van der Waals surface area contributed by atoms with Gasteiger partial charge in [0, 0.05) is 13.0 Å². The van der Waals surface area contributed by atoms with Crippen LogP contribution in [0.3, 0.4) is 0 Å². The minimum atomic E-state index is -0.544. The first kappa shape index (κ1) is 39.6. The average molecular weight is 577 g/mol. The van der Waals surface area contributed by atoms with E-state index >= 15 is 0 Å². The second kappa shape index (κ2) is 34.8. The lowest BCUT2D eigenvalue weighted by Crippen LogP contribution is -2.27. The number of carbonyl (C=O) groups is 1. The molecular weight excluding hydrogens is 508 g/mol. The quantitative estimate of drug-likeness (QED) is 0.0491. The lowest BCUT2D eigenvalue weighted by Gasteiger charge is -2.15. The minimum absolute atomic E-state index is 0.182. The van der Waals surface area contributed by atoms with E-state index in [1.54, 1.807) is 0 Å². The van der Waals surface area contributed by atoms with Crippen LogP contribution >= 0.6 is 0 Å².